The average Bonchev–Trinajstić information content (AvgIpc) is 2.12. The highest BCUT2D eigenvalue weighted by atomic mass is 19.1. The van der Waals surface area contributed by atoms with Crippen LogP contribution in [0.2, 0.25) is 0 Å². The van der Waals surface area contributed by atoms with Gasteiger partial charge < -0.3 is 9.47 Å². The van der Waals surface area contributed by atoms with E-state index in [9.17, 15) is 14.0 Å². The van der Waals surface area contributed by atoms with Crippen LogP contribution >= 0.6 is 0 Å². The number of hydrogen-bond acceptors (Lipinski definition) is 4. The van der Waals surface area contributed by atoms with Gasteiger partial charge in [-0.05, 0) is 13.0 Å². The van der Waals surface area contributed by atoms with Crippen molar-refractivity contribution in [2.75, 3.05) is 13.2 Å². The molecule has 0 radical (unpaired) electrons. The Kier molecular flexibility index (Phi) is 6.36. The van der Waals surface area contributed by atoms with Gasteiger partial charge in [0.15, 0.2) is 0 Å². The topological polar surface area (TPSA) is 52.6 Å². The van der Waals surface area contributed by atoms with Crippen molar-refractivity contribution in [1.29, 1.82) is 0 Å². The fraction of sp³-hybridized carbons (Fsp3) is 0.556. The predicted molar refractivity (Wildman–Crippen MR) is 47.1 cm³/mol. The zero-order chi connectivity index (χ0) is 11.0. The van der Waals surface area contributed by atoms with Gasteiger partial charge in [0.2, 0.25) is 5.83 Å². The second-order valence-corrected chi connectivity index (χ2v) is 2.40. The lowest BCUT2D eigenvalue weighted by molar-refractivity contribution is -0.141. The maximum Gasteiger partial charge on any atom is 0.366 e. The van der Waals surface area contributed by atoms with Crippen LogP contribution < -0.4 is 0 Å². The molecule has 0 aromatic heterocycles. The van der Waals surface area contributed by atoms with E-state index in [4.69, 9.17) is 0 Å². The van der Waals surface area contributed by atoms with Gasteiger partial charge in [-0.1, -0.05) is 0 Å². The van der Waals surface area contributed by atoms with Crippen molar-refractivity contribution in [1.82, 2.24) is 0 Å². The standard InChI is InChI=1S/C9H13FO4/c1-3-13-9(12)8(10)5-4-6-14-7(2)11/h5H,3-4,6H2,1-2H3/b8-5-. The number of hydrogen-bond donors (Lipinski definition) is 0. The Labute approximate surface area is 81.7 Å². The van der Waals surface area contributed by atoms with Gasteiger partial charge in [0.05, 0.1) is 13.2 Å². The van der Waals surface area contributed by atoms with Gasteiger partial charge in [0.1, 0.15) is 0 Å². The van der Waals surface area contributed by atoms with Crippen LogP contribution in [-0.2, 0) is 19.1 Å². The largest absolute Gasteiger partial charge is 0.466 e. The van der Waals surface area contributed by atoms with Crippen molar-refractivity contribution < 1.29 is 23.5 Å². The molecule has 5 heteroatoms. The molecule has 0 N–H and O–H groups in total. The third-order valence-electron chi connectivity index (χ3n) is 1.22. The first kappa shape index (κ1) is 12.6. The average molecular weight is 204 g/mol. The molecule has 0 saturated carbocycles. The van der Waals surface area contributed by atoms with Gasteiger partial charge in [0.25, 0.3) is 0 Å². The minimum absolute atomic E-state index is 0.0577. The maximum absolute atomic E-state index is 12.8. The number of rotatable bonds is 5. The molecule has 0 aliphatic heterocycles. The fourth-order valence-corrected chi connectivity index (χ4v) is 0.672. The molecule has 0 amide bonds. The molecule has 0 aliphatic carbocycles. The molecular formula is C9H13FO4. The highest BCUT2D eigenvalue weighted by molar-refractivity contribution is 5.85. The van der Waals surface area contributed by atoms with Crippen LogP contribution in [0.3, 0.4) is 0 Å². The Morgan fingerprint density at radius 1 is 1.36 bits per heavy atom. The molecule has 0 aliphatic rings. The van der Waals surface area contributed by atoms with E-state index in [1.54, 1.807) is 6.92 Å². The van der Waals surface area contributed by atoms with Crippen LogP contribution in [-0.4, -0.2) is 25.2 Å². The van der Waals surface area contributed by atoms with Gasteiger partial charge in [-0.2, -0.15) is 4.39 Å². The van der Waals surface area contributed by atoms with E-state index in [-0.39, 0.29) is 19.6 Å². The van der Waals surface area contributed by atoms with Crippen molar-refractivity contribution in [3.63, 3.8) is 0 Å². The van der Waals surface area contributed by atoms with E-state index in [1.165, 1.54) is 6.92 Å². The summed E-state index contributed by atoms with van der Waals surface area (Å²) in [6.07, 6.45) is 1.19. The summed E-state index contributed by atoms with van der Waals surface area (Å²) in [4.78, 5) is 21.0. The van der Waals surface area contributed by atoms with E-state index in [1.807, 2.05) is 0 Å². The molecule has 0 saturated heterocycles. The molecule has 0 fully saturated rings. The second-order valence-electron chi connectivity index (χ2n) is 2.40. The highest BCUT2D eigenvalue weighted by Crippen LogP contribution is 2.01. The van der Waals surface area contributed by atoms with Crippen LogP contribution in [0.25, 0.3) is 0 Å². The Morgan fingerprint density at radius 3 is 2.50 bits per heavy atom. The van der Waals surface area contributed by atoms with Gasteiger partial charge in [0, 0.05) is 13.3 Å². The summed E-state index contributed by atoms with van der Waals surface area (Å²) in [5, 5.41) is 0. The zero-order valence-corrected chi connectivity index (χ0v) is 8.21. The molecule has 0 atom stereocenters. The summed E-state index contributed by atoms with van der Waals surface area (Å²) >= 11 is 0. The van der Waals surface area contributed by atoms with Crippen LogP contribution in [0.1, 0.15) is 20.3 Å². The lowest BCUT2D eigenvalue weighted by Gasteiger charge is -1.99. The first-order valence-corrected chi connectivity index (χ1v) is 4.24. The van der Waals surface area contributed by atoms with Gasteiger partial charge in [-0.25, -0.2) is 4.79 Å². The molecular weight excluding hydrogens is 191 g/mol. The van der Waals surface area contributed by atoms with Crippen molar-refractivity contribution in [2.45, 2.75) is 20.3 Å². The highest BCUT2D eigenvalue weighted by Gasteiger charge is 2.07. The normalized spacial score (nSPS) is 10.9. The predicted octanol–water partition coefficient (Wildman–Crippen LogP) is 1.36. The number of halogens is 1. The van der Waals surface area contributed by atoms with E-state index >= 15 is 0 Å². The lowest BCUT2D eigenvalue weighted by atomic mass is 10.4. The molecule has 0 bridgehead atoms. The Bertz CT molecular complexity index is 235. The van der Waals surface area contributed by atoms with E-state index in [2.05, 4.69) is 9.47 Å². The molecule has 80 valence electrons. The first-order chi connectivity index (χ1) is 6.57. The molecule has 14 heavy (non-hydrogen) atoms. The number of ether oxygens (including phenoxy) is 2. The van der Waals surface area contributed by atoms with Gasteiger partial charge >= 0.3 is 11.9 Å². The van der Waals surface area contributed by atoms with Gasteiger partial charge in [-0.3, -0.25) is 4.79 Å². The van der Waals surface area contributed by atoms with E-state index in [0.717, 1.165) is 6.08 Å². The molecule has 0 unspecified atom stereocenters. The Morgan fingerprint density at radius 2 is 2.00 bits per heavy atom. The van der Waals surface area contributed by atoms with Crippen LogP contribution in [0.4, 0.5) is 4.39 Å². The molecule has 0 aromatic rings. The second kappa shape index (κ2) is 7.06. The van der Waals surface area contributed by atoms with Crippen molar-refractivity contribution in [3.8, 4) is 0 Å². The summed E-state index contributed by atoms with van der Waals surface area (Å²) in [6.45, 7) is 3.03. The maximum atomic E-state index is 12.8. The Balaban J connectivity index is 3.76. The molecule has 0 rings (SSSR count). The van der Waals surface area contributed by atoms with Gasteiger partial charge in [-0.15, -0.1) is 0 Å². The summed E-state index contributed by atoms with van der Waals surface area (Å²) in [6, 6.07) is 0. The number of esters is 2. The van der Waals surface area contributed by atoms with Crippen LogP contribution in [0, 0.1) is 0 Å². The summed E-state index contributed by atoms with van der Waals surface area (Å²) in [5.41, 5.74) is 0. The van der Waals surface area contributed by atoms with Crippen LogP contribution in [0.15, 0.2) is 11.9 Å². The molecule has 0 heterocycles. The number of carbonyl (C=O) groups excluding carboxylic acids is 2. The third-order valence-corrected chi connectivity index (χ3v) is 1.22. The minimum Gasteiger partial charge on any atom is -0.466 e. The van der Waals surface area contributed by atoms with Crippen molar-refractivity contribution >= 4 is 11.9 Å². The van der Waals surface area contributed by atoms with Crippen LogP contribution in [0.5, 0.6) is 0 Å². The SMILES string of the molecule is CCOC(=O)/C(F)=C/CCOC(C)=O. The Hall–Kier alpha value is -1.39. The quantitative estimate of drug-likeness (QED) is 0.385. The summed E-state index contributed by atoms with van der Waals surface area (Å²) < 4.78 is 21.7. The zero-order valence-electron chi connectivity index (χ0n) is 8.21. The minimum atomic E-state index is -0.990. The van der Waals surface area contributed by atoms with E-state index in [0.29, 0.717) is 0 Å². The summed E-state index contributed by atoms with van der Waals surface area (Å²) in [7, 11) is 0. The summed E-state index contributed by atoms with van der Waals surface area (Å²) in [5.74, 6) is -2.38. The smallest absolute Gasteiger partial charge is 0.366 e. The lowest BCUT2D eigenvalue weighted by Crippen LogP contribution is -2.05. The van der Waals surface area contributed by atoms with Crippen molar-refractivity contribution in [2.24, 2.45) is 0 Å². The monoisotopic (exact) mass is 204 g/mol. The molecule has 4 nitrogen and oxygen atoms in total. The fourth-order valence-electron chi connectivity index (χ4n) is 0.672. The third kappa shape index (κ3) is 6.16. The molecule has 0 aromatic carbocycles. The first-order valence-electron chi connectivity index (χ1n) is 4.24. The number of carbonyl (C=O) groups is 2. The van der Waals surface area contributed by atoms with E-state index < -0.39 is 17.8 Å². The molecule has 0 spiro atoms. The van der Waals surface area contributed by atoms with Crippen molar-refractivity contribution in [3.05, 3.63) is 11.9 Å².